The summed E-state index contributed by atoms with van der Waals surface area (Å²) in [5, 5.41) is 0. The summed E-state index contributed by atoms with van der Waals surface area (Å²) in [6.45, 7) is 2.06. The third kappa shape index (κ3) is 3.14. The Morgan fingerprint density at radius 1 is 0.750 bits per heavy atom. The van der Waals surface area contributed by atoms with Crippen molar-refractivity contribution in [3.63, 3.8) is 0 Å². The van der Waals surface area contributed by atoms with E-state index in [1.54, 1.807) is 0 Å². The molecule has 0 aromatic heterocycles. The summed E-state index contributed by atoms with van der Waals surface area (Å²) < 4.78 is 11.1. The lowest BCUT2D eigenvalue weighted by Crippen LogP contribution is -2.10. The molecule has 0 spiro atoms. The largest absolute Gasteiger partial charge is 0.516 e. The molecule has 0 fully saturated rings. The van der Waals surface area contributed by atoms with Gasteiger partial charge >= 0.3 is 10.0 Å². The molecule has 0 bridgehead atoms. The van der Waals surface area contributed by atoms with Crippen LogP contribution >= 0.6 is 0 Å². The number of hydrogen-bond acceptors (Lipinski definition) is 2. The molecule has 16 heavy (non-hydrogen) atoms. The van der Waals surface area contributed by atoms with E-state index in [0.29, 0.717) is 0 Å². The molecule has 0 aliphatic carbocycles. The predicted octanol–water partition coefficient (Wildman–Crippen LogP) is 2.45. The predicted molar refractivity (Wildman–Crippen MR) is 67.4 cm³/mol. The standard InChI is InChI=1S/C13H14O2Si/c1-11-7-9-13(10-8-11)15-16-14-12-5-3-2-4-6-12/h2-10H,16H2,1H3. The number of para-hydroxylation sites is 1. The van der Waals surface area contributed by atoms with E-state index in [1.807, 2.05) is 54.6 Å². The highest BCUT2D eigenvalue weighted by molar-refractivity contribution is 6.20. The molecule has 3 heteroatoms. The van der Waals surface area contributed by atoms with Gasteiger partial charge < -0.3 is 8.85 Å². The van der Waals surface area contributed by atoms with Crippen molar-refractivity contribution in [3.8, 4) is 11.5 Å². The number of hydrogen-bond donors (Lipinski definition) is 0. The lowest BCUT2D eigenvalue weighted by molar-refractivity contribution is 0.459. The van der Waals surface area contributed by atoms with Gasteiger partial charge in [-0.1, -0.05) is 35.9 Å². The molecular formula is C13H14O2Si. The SMILES string of the molecule is Cc1ccc(O[SiH2]Oc2ccccc2)cc1. The van der Waals surface area contributed by atoms with Gasteiger partial charge in [-0.3, -0.25) is 0 Å². The van der Waals surface area contributed by atoms with Crippen molar-refractivity contribution in [2.24, 2.45) is 0 Å². The van der Waals surface area contributed by atoms with E-state index in [2.05, 4.69) is 6.92 Å². The number of aryl methyl sites for hydroxylation is 1. The van der Waals surface area contributed by atoms with Gasteiger partial charge in [0, 0.05) is 0 Å². The highest BCUT2D eigenvalue weighted by atomic mass is 28.3. The molecule has 2 nitrogen and oxygen atoms in total. The molecule has 0 radical (unpaired) electrons. The zero-order chi connectivity index (χ0) is 11.2. The van der Waals surface area contributed by atoms with Crippen molar-refractivity contribution < 1.29 is 8.85 Å². The monoisotopic (exact) mass is 230 g/mol. The van der Waals surface area contributed by atoms with Gasteiger partial charge in [-0.2, -0.15) is 0 Å². The molecule has 0 N–H and O–H groups in total. The van der Waals surface area contributed by atoms with Gasteiger partial charge in [0.2, 0.25) is 0 Å². The van der Waals surface area contributed by atoms with Crippen molar-refractivity contribution in [3.05, 3.63) is 60.2 Å². The average Bonchev–Trinajstić information content (AvgIpc) is 2.33. The summed E-state index contributed by atoms with van der Waals surface area (Å²) >= 11 is 0. The molecule has 0 saturated carbocycles. The fraction of sp³-hybridized carbons (Fsp3) is 0.0769. The molecule has 0 heterocycles. The van der Waals surface area contributed by atoms with E-state index in [1.165, 1.54) is 5.56 Å². The first-order valence-electron chi connectivity index (χ1n) is 5.22. The van der Waals surface area contributed by atoms with Crippen LogP contribution in [0.5, 0.6) is 11.5 Å². The lowest BCUT2D eigenvalue weighted by Gasteiger charge is -2.08. The molecule has 0 saturated heterocycles. The molecule has 0 aliphatic heterocycles. The quantitative estimate of drug-likeness (QED) is 0.751. The third-order valence-corrected chi connectivity index (χ3v) is 3.12. The lowest BCUT2D eigenvalue weighted by atomic mass is 10.2. The fourth-order valence-corrected chi connectivity index (χ4v) is 2.03. The van der Waals surface area contributed by atoms with Crippen LogP contribution in [0, 0.1) is 6.92 Å². The molecule has 0 unspecified atom stereocenters. The Morgan fingerprint density at radius 3 is 1.94 bits per heavy atom. The number of rotatable bonds is 4. The van der Waals surface area contributed by atoms with Gasteiger partial charge in [-0.05, 0) is 31.2 Å². The maximum Gasteiger partial charge on any atom is 0.427 e. The summed E-state index contributed by atoms with van der Waals surface area (Å²) in [6.07, 6.45) is 0. The Kier molecular flexibility index (Phi) is 3.61. The Hall–Kier alpha value is -1.74. The molecular weight excluding hydrogens is 216 g/mol. The minimum atomic E-state index is -0.998. The first-order valence-corrected chi connectivity index (χ1v) is 6.37. The van der Waals surface area contributed by atoms with E-state index in [-0.39, 0.29) is 0 Å². The summed E-state index contributed by atoms with van der Waals surface area (Å²) in [5.74, 6) is 1.76. The van der Waals surface area contributed by atoms with Crippen molar-refractivity contribution in [1.82, 2.24) is 0 Å². The van der Waals surface area contributed by atoms with Gasteiger partial charge in [0.15, 0.2) is 0 Å². The van der Waals surface area contributed by atoms with E-state index in [9.17, 15) is 0 Å². The average molecular weight is 230 g/mol. The van der Waals surface area contributed by atoms with Gasteiger partial charge in [-0.15, -0.1) is 0 Å². The van der Waals surface area contributed by atoms with Crippen molar-refractivity contribution >= 4 is 10.0 Å². The minimum absolute atomic E-state index is 0.876. The van der Waals surface area contributed by atoms with Crippen LogP contribution in [-0.2, 0) is 0 Å². The van der Waals surface area contributed by atoms with E-state index in [0.717, 1.165) is 11.5 Å². The third-order valence-electron chi connectivity index (χ3n) is 2.22. The van der Waals surface area contributed by atoms with Crippen LogP contribution in [0.2, 0.25) is 0 Å². The van der Waals surface area contributed by atoms with Crippen LogP contribution in [0.3, 0.4) is 0 Å². The molecule has 2 rings (SSSR count). The summed E-state index contributed by atoms with van der Waals surface area (Å²) in [7, 11) is -0.998. The van der Waals surface area contributed by atoms with E-state index in [4.69, 9.17) is 8.85 Å². The Morgan fingerprint density at radius 2 is 1.31 bits per heavy atom. The summed E-state index contributed by atoms with van der Waals surface area (Å²) in [5.41, 5.74) is 1.23. The first-order chi connectivity index (χ1) is 7.84. The minimum Gasteiger partial charge on any atom is -0.516 e. The second-order valence-corrected chi connectivity index (χ2v) is 4.35. The normalized spacial score (nSPS) is 10.6. The molecule has 0 amide bonds. The molecule has 82 valence electrons. The van der Waals surface area contributed by atoms with Crippen molar-refractivity contribution in [2.45, 2.75) is 6.92 Å². The van der Waals surface area contributed by atoms with Crippen LogP contribution in [0.4, 0.5) is 0 Å². The topological polar surface area (TPSA) is 18.5 Å². The van der Waals surface area contributed by atoms with Gasteiger partial charge in [-0.25, -0.2) is 0 Å². The second kappa shape index (κ2) is 5.37. The van der Waals surface area contributed by atoms with Crippen LogP contribution in [0.25, 0.3) is 0 Å². The Bertz CT molecular complexity index is 425. The summed E-state index contributed by atoms with van der Waals surface area (Å²) in [6, 6.07) is 17.8. The van der Waals surface area contributed by atoms with Gasteiger partial charge in [0.1, 0.15) is 11.5 Å². The van der Waals surface area contributed by atoms with Crippen molar-refractivity contribution in [1.29, 1.82) is 0 Å². The van der Waals surface area contributed by atoms with E-state index >= 15 is 0 Å². The first kappa shape index (κ1) is 10.8. The highest BCUT2D eigenvalue weighted by Gasteiger charge is 1.95. The zero-order valence-corrected chi connectivity index (χ0v) is 10.6. The summed E-state index contributed by atoms with van der Waals surface area (Å²) in [4.78, 5) is 0. The molecule has 0 aliphatic rings. The van der Waals surface area contributed by atoms with Crippen LogP contribution in [0.15, 0.2) is 54.6 Å². The van der Waals surface area contributed by atoms with E-state index < -0.39 is 10.0 Å². The molecule has 2 aromatic carbocycles. The second-order valence-electron chi connectivity index (χ2n) is 3.53. The molecule has 2 aromatic rings. The fourth-order valence-electron chi connectivity index (χ4n) is 1.32. The van der Waals surface area contributed by atoms with Gasteiger partial charge in [0.25, 0.3) is 0 Å². The van der Waals surface area contributed by atoms with Crippen molar-refractivity contribution in [2.75, 3.05) is 0 Å². The Labute approximate surface area is 97.9 Å². The maximum atomic E-state index is 5.58. The zero-order valence-electron chi connectivity index (χ0n) is 9.22. The smallest absolute Gasteiger partial charge is 0.427 e. The number of benzene rings is 2. The maximum absolute atomic E-state index is 5.58. The van der Waals surface area contributed by atoms with Crippen LogP contribution in [0.1, 0.15) is 5.56 Å². The van der Waals surface area contributed by atoms with Crippen LogP contribution < -0.4 is 8.85 Å². The highest BCUT2D eigenvalue weighted by Crippen LogP contribution is 2.12. The van der Waals surface area contributed by atoms with Crippen LogP contribution in [-0.4, -0.2) is 10.0 Å². The van der Waals surface area contributed by atoms with Gasteiger partial charge in [0.05, 0.1) is 0 Å². The molecule has 0 atom stereocenters. The Balaban J connectivity index is 1.82.